The molecule has 3 aromatic rings. The van der Waals surface area contributed by atoms with Crippen molar-refractivity contribution < 1.29 is 19.5 Å². The average molecular weight is 519 g/mol. The first-order valence-corrected chi connectivity index (χ1v) is 13.6. The van der Waals surface area contributed by atoms with Gasteiger partial charge in [-0.05, 0) is 47.6 Å². The number of aryl methyl sites for hydroxylation is 1. The van der Waals surface area contributed by atoms with Gasteiger partial charge in [0.15, 0.2) is 0 Å². The molecule has 0 aliphatic carbocycles. The van der Waals surface area contributed by atoms with Crippen molar-refractivity contribution in [3.05, 3.63) is 107 Å². The minimum absolute atomic E-state index is 0.0330. The highest BCUT2D eigenvalue weighted by atomic mass is 32.2. The van der Waals surface area contributed by atoms with Crippen LogP contribution in [0.25, 0.3) is 0 Å². The van der Waals surface area contributed by atoms with Crippen molar-refractivity contribution in [1.29, 1.82) is 0 Å². The number of benzene rings is 3. The van der Waals surface area contributed by atoms with Crippen molar-refractivity contribution in [2.24, 2.45) is 5.92 Å². The Bertz CT molecular complexity index is 1170. The molecule has 0 unspecified atom stereocenters. The van der Waals surface area contributed by atoms with Crippen molar-refractivity contribution >= 4 is 29.7 Å². The summed E-state index contributed by atoms with van der Waals surface area (Å²) in [6, 6.07) is 24.4. The Kier molecular flexibility index (Phi) is 10.8. The highest BCUT2D eigenvalue weighted by molar-refractivity contribution is 7.98. The molecule has 0 saturated heterocycles. The summed E-state index contributed by atoms with van der Waals surface area (Å²) < 4.78 is 0. The molecule has 0 bridgehead atoms. The number of nitrogens with one attached hydrogen (secondary N) is 1. The molecule has 0 fully saturated rings. The first kappa shape index (κ1) is 28.0. The highest BCUT2D eigenvalue weighted by Crippen LogP contribution is 2.17. The van der Waals surface area contributed by atoms with E-state index >= 15 is 0 Å². The van der Waals surface area contributed by atoms with Gasteiger partial charge in [0.25, 0.3) is 5.91 Å². The lowest BCUT2D eigenvalue weighted by Gasteiger charge is -2.24. The Morgan fingerprint density at radius 1 is 0.865 bits per heavy atom. The molecule has 3 aromatic carbocycles. The molecule has 0 spiro atoms. The fraction of sp³-hybridized carbons (Fsp3) is 0.300. The van der Waals surface area contributed by atoms with Gasteiger partial charge in [0.1, 0.15) is 6.04 Å². The van der Waals surface area contributed by atoms with E-state index in [0.717, 1.165) is 34.4 Å². The molecule has 0 saturated carbocycles. The standard InChI is InChI=1S/C30H34N2O4S/c1-22(2)16-17-23-14-9-15-26(18-23)28(33)32(19-24-10-5-3-6-11-24)30(36)31-27(29(34)35)21-37-20-25-12-7-4-8-13-25/h3-15,18,22,27H,16-17,19-21H2,1-2H3,(H,31,36)(H,34,35)/t27-/m0/s1. The first-order valence-electron chi connectivity index (χ1n) is 12.4. The van der Waals surface area contributed by atoms with Crippen LogP contribution in [0.1, 0.15) is 47.3 Å². The largest absolute Gasteiger partial charge is 0.480 e. The maximum absolute atomic E-state index is 13.5. The third kappa shape index (κ3) is 9.10. The molecule has 0 aliphatic heterocycles. The van der Waals surface area contributed by atoms with Crippen LogP contribution in [0.5, 0.6) is 0 Å². The van der Waals surface area contributed by atoms with E-state index in [2.05, 4.69) is 19.2 Å². The van der Waals surface area contributed by atoms with Gasteiger partial charge in [-0.1, -0.05) is 86.6 Å². The molecule has 0 aliphatic rings. The van der Waals surface area contributed by atoms with E-state index in [0.29, 0.717) is 17.2 Å². The van der Waals surface area contributed by atoms with E-state index in [9.17, 15) is 19.5 Å². The molecular formula is C30H34N2O4S. The van der Waals surface area contributed by atoms with Gasteiger partial charge in [-0.2, -0.15) is 11.8 Å². The number of carboxylic acids is 1. The second-order valence-corrected chi connectivity index (χ2v) is 10.4. The molecule has 3 rings (SSSR count). The van der Waals surface area contributed by atoms with Gasteiger partial charge in [-0.3, -0.25) is 9.69 Å². The fourth-order valence-corrected chi connectivity index (χ4v) is 4.75. The van der Waals surface area contributed by atoms with Gasteiger partial charge < -0.3 is 10.4 Å². The summed E-state index contributed by atoms with van der Waals surface area (Å²) in [4.78, 5) is 39.9. The molecule has 1 atom stereocenters. The monoisotopic (exact) mass is 518 g/mol. The van der Waals surface area contributed by atoms with Crippen LogP contribution in [-0.2, 0) is 23.5 Å². The number of carbonyl (C=O) groups excluding carboxylic acids is 2. The van der Waals surface area contributed by atoms with Crippen LogP contribution in [0.15, 0.2) is 84.9 Å². The van der Waals surface area contributed by atoms with Crippen molar-refractivity contribution in [1.82, 2.24) is 10.2 Å². The highest BCUT2D eigenvalue weighted by Gasteiger charge is 2.28. The van der Waals surface area contributed by atoms with Crippen LogP contribution in [0.4, 0.5) is 4.79 Å². The lowest BCUT2D eigenvalue weighted by molar-refractivity contribution is -0.138. The predicted octanol–water partition coefficient (Wildman–Crippen LogP) is 6.01. The topological polar surface area (TPSA) is 86.7 Å². The van der Waals surface area contributed by atoms with Gasteiger partial charge >= 0.3 is 12.0 Å². The molecule has 37 heavy (non-hydrogen) atoms. The molecule has 7 heteroatoms. The number of carboxylic acid groups (broad SMARTS) is 1. The van der Waals surface area contributed by atoms with Crippen LogP contribution < -0.4 is 5.32 Å². The van der Waals surface area contributed by atoms with Crippen LogP contribution in [0, 0.1) is 5.92 Å². The number of urea groups is 1. The summed E-state index contributed by atoms with van der Waals surface area (Å²) in [6.45, 7) is 4.33. The lowest BCUT2D eigenvalue weighted by atomic mass is 10.0. The number of hydrogen-bond acceptors (Lipinski definition) is 4. The minimum Gasteiger partial charge on any atom is -0.480 e. The molecular weight excluding hydrogens is 484 g/mol. The van der Waals surface area contributed by atoms with E-state index in [1.165, 1.54) is 11.8 Å². The third-order valence-corrected chi connectivity index (χ3v) is 6.96. The average Bonchev–Trinajstić information content (AvgIpc) is 2.90. The SMILES string of the molecule is CC(C)CCc1cccc(C(=O)N(Cc2ccccc2)C(=O)N[C@@H](CSCc2ccccc2)C(=O)O)c1. The van der Waals surface area contributed by atoms with Crippen molar-refractivity contribution in [2.45, 2.75) is 45.0 Å². The van der Waals surface area contributed by atoms with E-state index < -0.39 is 23.9 Å². The van der Waals surface area contributed by atoms with Gasteiger partial charge in [0.05, 0.1) is 6.54 Å². The number of rotatable bonds is 12. The van der Waals surface area contributed by atoms with E-state index in [1.54, 1.807) is 6.07 Å². The summed E-state index contributed by atoms with van der Waals surface area (Å²) in [5, 5.41) is 12.3. The first-order chi connectivity index (χ1) is 17.8. The molecule has 6 nitrogen and oxygen atoms in total. The summed E-state index contributed by atoms with van der Waals surface area (Å²) >= 11 is 1.42. The lowest BCUT2D eigenvalue weighted by Crippen LogP contribution is -2.50. The molecule has 3 amide bonds. The smallest absolute Gasteiger partial charge is 0.327 e. The van der Waals surface area contributed by atoms with E-state index in [4.69, 9.17) is 0 Å². The zero-order valence-electron chi connectivity index (χ0n) is 21.3. The Hall–Kier alpha value is -3.58. The van der Waals surface area contributed by atoms with Gasteiger partial charge in [0, 0.05) is 17.1 Å². The third-order valence-electron chi connectivity index (χ3n) is 5.85. The summed E-state index contributed by atoms with van der Waals surface area (Å²) in [7, 11) is 0. The van der Waals surface area contributed by atoms with Crippen molar-refractivity contribution in [3.63, 3.8) is 0 Å². The van der Waals surface area contributed by atoms with Crippen LogP contribution in [0.3, 0.4) is 0 Å². The molecule has 2 N–H and O–H groups in total. The van der Waals surface area contributed by atoms with E-state index in [-0.39, 0.29) is 12.3 Å². The number of amides is 3. The maximum atomic E-state index is 13.5. The Morgan fingerprint density at radius 2 is 1.49 bits per heavy atom. The fourth-order valence-electron chi connectivity index (χ4n) is 3.74. The molecule has 194 valence electrons. The number of imide groups is 1. The number of aliphatic carboxylic acids is 1. The number of nitrogens with zero attached hydrogens (tertiary/aromatic N) is 1. The van der Waals surface area contributed by atoms with Gasteiger partial charge in [-0.25, -0.2) is 9.59 Å². The normalized spacial score (nSPS) is 11.6. The van der Waals surface area contributed by atoms with Gasteiger partial charge in [0.2, 0.25) is 0 Å². The predicted molar refractivity (Wildman–Crippen MR) is 148 cm³/mol. The summed E-state index contributed by atoms with van der Waals surface area (Å²) in [6.07, 6.45) is 1.83. The summed E-state index contributed by atoms with van der Waals surface area (Å²) in [5.41, 5.74) is 3.27. The molecule has 0 heterocycles. The number of hydrogen-bond donors (Lipinski definition) is 2. The van der Waals surface area contributed by atoms with Crippen LogP contribution >= 0.6 is 11.8 Å². The summed E-state index contributed by atoms with van der Waals surface area (Å²) in [5.74, 6) is -0.275. The van der Waals surface area contributed by atoms with Crippen molar-refractivity contribution in [3.8, 4) is 0 Å². The van der Waals surface area contributed by atoms with Crippen molar-refractivity contribution in [2.75, 3.05) is 5.75 Å². The number of thioether (sulfide) groups is 1. The second-order valence-electron chi connectivity index (χ2n) is 9.35. The second kappa shape index (κ2) is 14.2. The molecule has 0 radical (unpaired) electrons. The maximum Gasteiger partial charge on any atom is 0.327 e. The Balaban J connectivity index is 1.75. The zero-order chi connectivity index (χ0) is 26.6. The van der Waals surface area contributed by atoms with Gasteiger partial charge in [-0.15, -0.1) is 0 Å². The minimum atomic E-state index is -1.14. The molecule has 0 aromatic heterocycles. The quantitative estimate of drug-likeness (QED) is 0.306. The Morgan fingerprint density at radius 3 is 2.11 bits per heavy atom. The van der Waals surface area contributed by atoms with E-state index in [1.807, 2.05) is 78.9 Å². The number of carbonyl (C=O) groups is 3. The zero-order valence-corrected chi connectivity index (χ0v) is 22.1. The van der Waals surface area contributed by atoms with Crippen LogP contribution in [0.2, 0.25) is 0 Å². The van der Waals surface area contributed by atoms with Crippen LogP contribution in [-0.4, -0.2) is 39.7 Å². The Labute approximate surface area is 223 Å².